The lowest BCUT2D eigenvalue weighted by Crippen LogP contribution is -2.53. The fourth-order valence-electron chi connectivity index (χ4n) is 7.09. The molecule has 9 nitrogen and oxygen atoms in total. The Bertz CT molecular complexity index is 1340. The van der Waals surface area contributed by atoms with E-state index < -0.39 is 29.0 Å². The Labute approximate surface area is 255 Å². The number of benzene rings is 1. The molecule has 3 fully saturated rings. The van der Waals surface area contributed by atoms with Gasteiger partial charge < -0.3 is 19.9 Å². The number of amides is 3. The molecule has 1 aromatic heterocycles. The lowest BCUT2D eigenvalue weighted by Gasteiger charge is -2.44. The highest BCUT2D eigenvalue weighted by Gasteiger charge is 2.49. The zero-order valence-electron chi connectivity index (χ0n) is 25.3. The molecule has 2 saturated heterocycles. The van der Waals surface area contributed by atoms with E-state index in [1.54, 1.807) is 11.1 Å². The summed E-state index contributed by atoms with van der Waals surface area (Å²) in [5.74, 6) is -0.275. The molecule has 1 saturated carbocycles. The molecule has 1 N–H and O–H groups in total. The molecule has 3 aliphatic rings. The normalized spacial score (nSPS) is 25.8. The lowest BCUT2D eigenvalue weighted by molar-refractivity contribution is -0.137. The third-order valence-electron chi connectivity index (χ3n) is 9.05. The van der Waals surface area contributed by atoms with Crippen molar-refractivity contribution in [2.75, 3.05) is 24.5 Å². The first kappa shape index (κ1) is 31.7. The van der Waals surface area contributed by atoms with Crippen LogP contribution in [0.2, 0.25) is 0 Å². The second-order valence-electron chi connectivity index (χ2n) is 13.0. The van der Waals surface area contributed by atoms with Crippen LogP contribution >= 0.6 is 0 Å². The number of likely N-dealkylation sites (tertiary alicyclic amines) is 2. The van der Waals surface area contributed by atoms with Crippen molar-refractivity contribution in [1.82, 2.24) is 20.1 Å². The molecule has 2 aromatic rings. The van der Waals surface area contributed by atoms with E-state index in [-0.39, 0.29) is 36.3 Å². The largest absolute Gasteiger partial charge is 0.444 e. The van der Waals surface area contributed by atoms with Crippen molar-refractivity contribution in [3.8, 4) is 0 Å². The second kappa shape index (κ2) is 12.4. The van der Waals surface area contributed by atoms with Gasteiger partial charge in [-0.2, -0.15) is 13.2 Å². The van der Waals surface area contributed by atoms with Crippen molar-refractivity contribution < 1.29 is 32.3 Å². The molecule has 2 atom stereocenters. The number of fused-ring (bicyclic) bond motifs is 1. The predicted octanol–water partition coefficient (Wildman–Crippen LogP) is 5.10. The third kappa shape index (κ3) is 6.85. The van der Waals surface area contributed by atoms with Gasteiger partial charge in [0.2, 0.25) is 12.3 Å². The van der Waals surface area contributed by atoms with Gasteiger partial charge in [-0.3, -0.25) is 19.5 Å². The van der Waals surface area contributed by atoms with E-state index in [2.05, 4.69) is 15.2 Å². The smallest absolute Gasteiger partial charge is 0.416 e. The number of aromatic nitrogens is 1. The minimum atomic E-state index is -4.55. The number of alkyl halides is 3. The van der Waals surface area contributed by atoms with Crippen LogP contribution in [0.15, 0.2) is 48.7 Å². The first-order valence-electron chi connectivity index (χ1n) is 15.2. The summed E-state index contributed by atoms with van der Waals surface area (Å²) in [6, 6.07) is 10.6. The average Bonchev–Trinajstić information content (AvgIpc) is 3.58. The molecule has 0 radical (unpaired) electrons. The zero-order valence-corrected chi connectivity index (χ0v) is 25.3. The highest BCUT2D eigenvalue weighted by molar-refractivity contribution is 5.89. The number of halogens is 3. The molecule has 12 heteroatoms. The summed E-state index contributed by atoms with van der Waals surface area (Å²) in [6.45, 7) is 6.53. The number of hydrogen-bond acceptors (Lipinski definition) is 6. The van der Waals surface area contributed by atoms with E-state index in [1.165, 1.54) is 12.1 Å². The van der Waals surface area contributed by atoms with Gasteiger partial charge in [0.15, 0.2) is 0 Å². The molecule has 238 valence electrons. The SMILES string of the molecule is CC(C)(C)OC(=O)NC1(c2ccccn2)CCC(N2CCC3C2CCN3C(=O)CN(C=O)c2cccc(C(F)(F)F)c2)CC1. The van der Waals surface area contributed by atoms with Gasteiger partial charge in [0.1, 0.15) is 12.1 Å². The number of nitrogens with one attached hydrogen (secondary N) is 1. The van der Waals surface area contributed by atoms with Gasteiger partial charge in [-0.1, -0.05) is 12.1 Å². The van der Waals surface area contributed by atoms with Gasteiger partial charge in [0, 0.05) is 43.1 Å². The predicted molar refractivity (Wildman–Crippen MR) is 158 cm³/mol. The average molecular weight is 616 g/mol. The van der Waals surface area contributed by atoms with Crippen LogP contribution in [0.4, 0.5) is 23.7 Å². The van der Waals surface area contributed by atoms with Crippen molar-refractivity contribution in [2.24, 2.45) is 0 Å². The molecule has 0 bridgehead atoms. The van der Waals surface area contributed by atoms with E-state index in [0.29, 0.717) is 25.8 Å². The van der Waals surface area contributed by atoms with Crippen LogP contribution in [0.3, 0.4) is 0 Å². The van der Waals surface area contributed by atoms with Gasteiger partial charge in [0.05, 0.1) is 16.8 Å². The molecular weight excluding hydrogens is 575 g/mol. The molecular formula is C32H40F3N5O4. The van der Waals surface area contributed by atoms with Gasteiger partial charge in [-0.25, -0.2) is 4.79 Å². The number of hydrogen-bond donors (Lipinski definition) is 1. The number of carbonyl (C=O) groups is 3. The number of carbonyl (C=O) groups excluding carboxylic acids is 3. The maximum Gasteiger partial charge on any atom is 0.416 e. The number of alkyl carbamates (subject to hydrolysis) is 1. The Hall–Kier alpha value is -3.67. The van der Waals surface area contributed by atoms with Gasteiger partial charge >= 0.3 is 12.3 Å². The molecule has 1 aliphatic carbocycles. The summed E-state index contributed by atoms with van der Waals surface area (Å²) in [7, 11) is 0. The maximum absolute atomic E-state index is 13.4. The Morgan fingerprint density at radius 3 is 2.41 bits per heavy atom. The molecule has 44 heavy (non-hydrogen) atoms. The van der Waals surface area contributed by atoms with Crippen LogP contribution in [0.5, 0.6) is 0 Å². The number of anilines is 1. The van der Waals surface area contributed by atoms with Crippen molar-refractivity contribution in [1.29, 1.82) is 0 Å². The van der Waals surface area contributed by atoms with Crippen LogP contribution in [0.25, 0.3) is 0 Å². The Kier molecular flexibility index (Phi) is 8.93. The standard InChI is InChI=1S/C32H40F3N5O4/c1-30(2,3)44-29(43)37-31(27-9-4-5-16-36-27)14-10-23(11-15-31)39-17-12-26-25(39)13-18-40(26)28(42)20-38(21-41)24-8-6-7-22(19-24)32(33,34)35/h4-9,16,19,21,23,25-26H,10-15,17-18,20H2,1-3H3,(H,37,43). The monoisotopic (exact) mass is 615 g/mol. The minimum absolute atomic E-state index is 0.0140. The van der Waals surface area contributed by atoms with E-state index in [9.17, 15) is 27.6 Å². The van der Waals surface area contributed by atoms with Gasteiger partial charge in [0.25, 0.3) is 0 Å². The van der Waals surface area contributed by atoms with Crippen molar-refractivity contribution in [3.05, 3.63) is 59.9 Å². The summed E-state index contributed by atoms with van der Waals surface area (Å²) in [5.41, 5.74) is -1.30. The van der Waals surface area contributed by atoms with Crippen LogP contribution in [0, 0.1) is 0 Å². The molecule has 3 amide bonds. The van der Waals surface area contributed by atoms with Gasteiger partial charge in [-0.05, 0) is 89.6 Å². The number of pyridine rings is 1. The van der Waals surface area contributed by atoms with Gasteiger partial charge in [-0.15, -0.1) is 0 Å². The Balaban J connectivity index is 1.23. The van der Waals surface area contributed by atoms with E-state index in [1.807, 2.05) is 39.0 Å². The quantitative estimate of drug-likeness (QED) is 0.436. The first-order chi connectivity index (χ1) is 20.8. The van der Waals surface area contributed by atoms with Crippen LogP contribution < -0.4 is 10.2 Å². The number of ether oxygens (including phenoxy) is 1. The molecule has 2 aliphatic heterocycles. The summed E-state index contributed by atoms with van der Waals surface area (Å²) >= 11 is 0. The summed E-state index contributed by atoms with van der Waals surface area (Å²) < 4.78 is 45.2. The molecule has 0 spiro atoms. The summed E-state index contributed by atoms with van der Waals surface area (Å²) in [5, 5.41) is 3.14. The topological polar surface area (TPSA) is 95.1 Å². The highest BCUT2D eigenvalue weighted by atomic mass is 19.4. The van der Waals surface area contributed by atoms with Crippen LogP contribution in [0.1, 0.15) is 70.6 Å². The maximum atomic E-state index is 13.4. The van der Waals surface area contributed by atoms with E-state index in [0.717, 1.165) is 55.0 Å². The van der Waals surface area contributed by atoms with Crippen molar-refractivity contribution >= 4 is 24.1 Å². The Morgan fingerprint density at radius 1 is 1.05 bits per heavy atom. The number of rotatable bonds is 7. The first-order valence-corrected chi connectivity index (χ1v) is 15.2. The minimum Gasteiger partial charge on any atom is -0.444 e. The van der Waals surface area contributed by atoms with Crippen molar-refractivity contribution in [3.63, 3.8) is 0 Å². The summed E-state index contributed by atoms with van der Waals surface area (Å²) in [6.07, 6.45) is 1.74. The molecule has 1 aromatic carbocycles. The zero-order chi connectivity index (χ0) is 31.7. The molecule has 3 heterocycles. The molecule has 5 rings (SSSR count). The van der Waals surface area contributed by atoms with E-state index >= 15 is 0 Å². The Morgan fingerprint density at radius 2 is 1.77 bits per heavy atom. The van der Waals surface area contributed by atoms with Crippen LogP contribution in [-0.4, -0.2) is 76.6 Å². The van der Waals surface area contributed by atoms with Crippen LogP contribution in [-0.2, 0) is 26.0 Å². The third-order valence-corrected chi connectivity index (χ3v) is 9.05. The molecule has 2 unspecified atom stereocenters. The summed E-state index contributed by atoms with van der Waals surface area (Å²) in [4.78, 5) is 47.9. The van der Waals surface area contributed by atoms with Crippen molar-refractivity contribution in [2.45, 2.75) is 94.7 Å². The number of nitrogens with zero attached hydrogens (tertiary/aromatic N) is 4. The fraction of sp³-hybridized carbons (Fsp3) is 0.562. The van der Waals surface area contributed by atoms with E-state index in [4.69, 9.17) is 4.74 Å². The second-order valence-corrected chi connectivity index (χ2v) is 13.0. The highest BCUT2D eigenvalue weighted by Crippen LogP contribution is 2.42. The fourth-order valence-corrected chi connectivity index (χ4v) is 7.09. The lowest BCUT2D eigenvalue weighted by atomic mass is 9.76.